The van der Waals surface area contributed by atoms with Crippen molar-refractivity contribution in [2.24, 2.45) is 0 Å². The third-order valence-corrected chi connectivity index (χ3v) is 12.8. The minimum Gasteiger partial charge on any atom is -0.310 e. The average Bonchev–Trinajstić information content (AvgIpc) is 3.49. The number of anilines is 3. The Kier molecular flexibility index (Phi) is 8.73. The van der Waals surface area contributed by atoms with Crippen LogP contribution in [0.2, 0.25) is 0 Å². The Morgan fingerprint density at radius 1 is 0.466 bits per heavy atom. The van der Waals surface area contributed by atoms with Crippen LogP contribution in [0.1, 0.15) is 56.9 Å². The predicted molar refractivity (Wildman–Crippen MR) is 246 cm³/mol. The molecule has 2 heteroatoms. The van der Waals surface area contributed by atoms with Gasteiger partial charge >= 0.3 is 0 Å². The van der Waals surface area contributed by atoms with E-state index in [0.29, 0.717) is 0 Å². The number of hydrogen-bond donors (Lipinski definition) is 0. The van der Waals surface area contributed by atoms with Crippen LogP contribution in [-0.4, -0.2) is 17.0 Å². The van der Waals surface area contributed by atoms with Gasteiger partial charge in [0.25, 0.3) is 0 Å². The molecule has 10 rings (SSSR count). The lowest BCUT2D eigenvalue weighted by atomic mass is 9.81. The first-order valence-electron chi connectivity index (χ1n) is 20.8. The van der Waals surface area contributed by atoms with Gasteiger partial charge in [0.05, 0.1) is 0 Å². The minimum atomic E-state index is -0.173. The summed E-state index contributed by atoms with van der Waals surface area (Å²) in [5.74, 6) is 0. The highest BCUT2D eigenvalue weighted by Gasteiger charge is 2.38. The van der Waals surface area contributed by atoms with Gasteiger partial charge in [-0.25, -0.2) is 0 Å². The zero-order valence-electron chi connectivity index (χ0n) is 34.3. The van der Waals surface area contributed by atoms with Gasteiger partial charge < -0.3 is 4.90 Å². The van der Waals surface area contributed by atoms with E-state index in [0.717, 1.165) is 36.6 Å². The summed E-state index contributed by atoms with van der Waals surface area (Å²) in [7, 11) is 0. The van der Waals surface area contributed by atoms with Crippen molar-refractivity contribution in [1.82, 2.24) is 4.90 Å². The second kappa shape index (κ2) is 14.0. The van der Waals surface area contributed by atoms with Crippen molar-refractivity contribution in [3.05, 3.63) is 198 Å². The lowest BCUT2D eigenvalue weighted by Gasteiger charge is -2.39. The SMILES string of the molecule is CC1(C)c2ccccc2-c2c(-c3ccc4c(c3)CN(C(C)(C)C)CC4)cc(N(c3ccc(-c4ccccc4)cc3)c3ccc4cc(-c5ccccc5)ccc4c3)cc21. The number of benzene rings is 8. The summed E-state index contributed by atoms with van der Waals surface area (Å²) in [5, 5.41) is 2.45. The molecular weight excluding hydrogens is 701 g/mol. The molecule has 0 saturated carbocycles. The molecule has 0 unspecified atom stereocenters. The molecule has 0 radical (unpaired) electrons. The third-order valence-electron chi connectivity index (χ3n) is 12.8. The zero-order valence-corrected chi connectivity index (χ0v) is 34.3. The van der Waals surface area contributed by atoms with Crippen molar-refractivity contribution in [1.29, 1.82) is 0 Å². The molecule has 8 aromatic carbocycles. The first-order valence-corrected chi connectivity index (χ1v) is 20.8. The van der Waals surface area contributed by atoms with E-state index in [-0.39, 0.29) is 11.0 Å². The summed E-state index contributed by atoms with van der Waals surface area (Å²) < 4.78 is 0. The molecule has 1 aliphatic heterocycles. The summed E-state index contributed by atoms with van der Waals surface area (Å²) in [6, 6.07) is 65.6. The normalized spacial score (nSPS) is 14.5. The third kappa shape index (κ3) is 6.33. The van der Waals surface area contributed by atoms with Crippen molar-refractivity contribution in [2.45, 2.75) is 58.5 Å². The van der Waals surface area contributed by atoms with Crippen LogP contribution >= 0.6 is 0 Å². The summed E-state index contributed by atoms with van der Waals surface area (Å²) in [4.78, 5) is 5.10. The highest BCUT2D eigenvalue weighted by atomic mass is 15.2. The van der Waals surface area contributed by atoms with Gasteiger partial charge in [0.1, 0.15) is 0 Å². The largest absolute Gasteiger partial charge is 0.310 e. The van der Waals surface area contributed by atoms with Gasteiger partial charge in [-0.2, -0.15) is 0 Å². The molecule has 2 aliphatic rings. The van der Waals surface area contributed by atoms with Crippen molar-refractivity contribution in [3.8, 4) is 44.5 Å². The Labute approximate surface area is 344 Å². The lowest BCUT2D eigenvalue weighted by Crippen LogP contribution is -2.44. The van der Waals surface area contributed by atoms with E-state index >= 15 is 0 Å². The molecule has 284 valence electrons. The summed E-state index contributed by atoms with van der Waals surface area (Å²) in [6.07, 6.45) is 1.09. The van der Waals surface area contributed by atoms with Gasteiger partial charge in [-0.05, 0) is 153 Å². The lowest BCUT2D eigenvalue weighted by molar-refractivity contribution is 0.121. The van der Waals surface area contributed by atoms with Gasteiger partial charge in [-0.3, -0.25) is 4.90 Å². The van der Waals surface area contributed by atoms with Gasteiger partial charge in [0, 0.05) is 41.1 Å². The quantitative estimate of drug-likeness (QED) is 0.167. The van der Waals surface area contributed by atoms with Crippen LogP contribution < -0.4 is 4.90 Å². The van der Waals surface area contributed by atoms with Crippen LogP contribution in [0.3, 0.4) is 0 Å². The zero-order chi connectivity index (χ0) is 39.6. The van der Waals surface area contributed by atoms with Crippen molar-refractivity contribution >= 4 is 27.8 Å². The summed E-state index contributed by atoms with van der Waals surface area (Å²) in [5.41, 5.74) is 19.2. The van der Waals surface area contributed by atoms with Gasteiger partial charge in [-0.1, -0.05) is 141 Å². The standard InChI is InChI=1S/C56H50N2/c1-55(2,3)57-31-30-41-20-23-45(33-46(41)37-57)51-35-49(36-53-54(51)50-18-12-13-19-52(50)56(53,4)5)58(47-27-24-40(25-28-47)38-14-8-6-9-15-38)48-29-26-43-32-42(21-22-44(43)34-48)39-16-10-7-11-17-39/h6-29,32-36H,30-31,37H2,1-5H3. The first kappa shape index (κ1) is 36.1. The molecule has 0 aromatic heterocycles. The van der Waals surface area contributed by atoms with Gasteiger partial charge in [-0.15, -0.1) is 0 Å². The Morgan fingerprint density at radius 2 is 1.07 bits per heavy atom. The molecule has 0 fully saturated rings. The molecule has 0 spiro atoms. The number of fused-ring (bicyclic) bond motifs is 5. The average molecular weight is 751 g/mol. The molecule has 1 aliphatic carbocycles. The van der Waals surface area contributed by atoms with Crippen LogP contribution in [-0.2, 0) is 18.4 Å². The molecule has 0 N–H and O–H groups in total. The minimum absolute atomic E-state index is 0.122. The maximum absolute atomic E-state index is 2.63. The van der Waals surface area contributed by atoms with Crippen molar-refractivity contribution in [3.63, 3.8) is 0 Å². The Hall–Kier alpha value is -6.22. The first-order chi connectivity index (χ1) is 28.1. The fraction of sp³-hybridized carbons (Fsp3) is 0.179. The Balaban J connectivity index is 1.17. The van der Waals surface area contributed by atoms with Crippen LogP contribution in [0, 0.1) is 0 Å². The highest BCUT2D eigenvalue weighted by molar-refractivity contribution is 5.97. The van der Waals surface area contributed by atoms with E-state index in [4.69, 9.17) is 0 Å². The molecule has 2 nitrogen and oxygen atoms in total. The van der Waals surface area contributed by atoms with Crippen LogP contribution in [0.25, 0.3) is 55.3 Å². The molecule has 0 saturated heterocycles. The molecule has 1 heterocycles. The summed E-state index contributed by atoms with van der Waals surface area (Å²) in [6.45, 7) is 13.9. The Bertz CT molecular complexity index is 2810. The van der Waals surface area contributed by atoms with Gasteiger partial charge in [0.2, 0.25) is 0 Å². The number of nitrogens with zero attached hydrogens (tertiary/aromatic N) is 2. The van der Waals surface area contributed by atoms with E-state index in [9.17, 15) is 0 Å². The fourth-order valence-electron chi connectivity index (χ4n) is 9.52. The smallest absolute Gasteiger partial charge is 0.0471 e. The molecule has 0 bridgehead atoms. The highest BCUT2D eigenvalue weighted by Crippen LogP contribution is 2.55. The monoisotopic (exact) mass is 750 g/mol. The van der Waals surface area contributed by atoms with E-state index < -0.39 is 0 Å². The summed E-state index contributed by atoms with van der Waals surface area (Å²) >= 11 is 0. The Morgan fingerprint density at radius 3 is 1.81 bits per heavy atom. The predicted octanol–water partition coefficient (Wildman–Crippen LogP) is 14.8. The van der Waals surface area contributed by atoms with Crippen molar-refractivity contribution in [2.75, 3.05) is 11.4 Å². The van der Waals surface area contributed by atoms with Gasteiger partial charge in [0.15, 0.2) is 0 Å². The molecule has 8 aromatic rings. The van der Waals surface area contributed by atoms with Crippen LogP contribution in [0.15, 0.2) is 176 Å². The van der Waals surface area contributed by atoms with E-state index in [1.165, 1.54) is 77.5 Å². The van der Waals surface area contributed by atoms with Crippen LogP contribution in [0.5, 0.6) is 0 Å². The van der Waals surface area contributed by atoms with Crippen LogP contribution in [0.4, 0.5) is 17.1 Å². The molecule has 58 heavy (non-hydrogen) atoms. The van der Waals surface area contributed by atoms with E-state index in [1.54, 1.807) is 0 Å². The fourth-order valence-corrected chi connectivity index (χ4v) is 9.52. The van der Waals surface area contributed by atoms with E-state index in [1.807, 2.05) is 0 Å². The van der Waals surface area contributed by atoms with E-state index in [2.05, 4.69) is 220 Å². The maximum atomic E-state index is 2.63. The van der Waals surface area contributed by atoms with Crippen molar-refractivity contribution < 1.29 is 0 Å². The number of hydrogen-bond acceptors (Lipinski definition) is 2. The number of rotatable bonds is 6. The topological polar surface area (TPSA) is 6.48 Å². The molecular formula is C56H50N2. The maximum Gasteiger partial charge on any atom is 0.0471 e. The molecule has 0 atom stereocenters. The second-order valence-corrected chi connectivity index (χ2v) is 17.8. The molecule has 0 amide bonds. The second-order valence-electron chi connectivity index (χ2n) is 17.8.